The van der Waals surface area contributed by atoms with Gasteiger partial charge in [0.2, 0.25) is 0 Å². The minimum absolute atomic E-state index is 0.0514. The molecule has 2 aromatic rings. The average Bonchev–Trinajstić information content (AvgIpc) is 2.62. The number of amides is 1. The van der Waals surface area contributed by atoms with Gasteiger partial charge in [0.05, 0.1) is 12.2 Å². The minimum atomic E-state index is -0.0514. The molecule has 0 aliphatic carbocycles. The van der Waals surface area contributed by atoms with Crippen LogP contribution in [0, 0.1) is 5.92 Å². The molecule has 1 aromatic carbocycles. The van der Waals surface area contributed by atoms with Crippen molar-refractivity contribution < 1.29 is 4.79 Å². The summed E-state index contributed by atoms with van der Waals surface area (Å²) in [5.41, 5.74) is 2.04. The molecule has 0 bridgehead atoms. The molecular weight excluding hydrogens is 286 g/mol. The number of nitrogens with one attached hydrogen (secondary N) is 1. The fourth-order valence-corrected chi connectivity index (χ4v) is 3.08. The summed E-state index contributed by atoms with van der Waals surface area (Å²) in [6.07, 6.45) is 6.82. The van der Waals surface area contributed by atoms with Crippen LogP contribution in [0.5, 0.6) is 0 Å². The Labute approximate surface area is 137 Å². The van der Waals surface area contributed by atoms with Gasteiger partial charge in [0, 0.05) is 25.5 Å². The predicted octanol–water partition coefficient (Wildman–Crippen LogP) is 2.72. The number of hydrogen-bond donors (Lipinski definition) is 1. The second-order valence-corrected chi connectivity index (χ2v) is 6.16. The highest BCUT2D eigenvalue weighted by molar-refractivity contribution is 5.93. The van der Waals surface area contributed by atoms with Crippen molar-refractivity contribution in [3.8, 4) is 0 Å². The quantitative estimate of drug-likeness (QED) is 0.923. The highest BCUT2D eigenvalue weighted by atomic mass is 16.1. The summed E-state index contributed by atoms with van der Waals surface area (Å²) in [4.78, 5) is 18.3. The Morgan fingerprint density at radius 2 is 1.91 bits per heavy atom. The number of pyridine rings is 1. The smallest absolute Gasteiger partial charge is 0.253 e. The molecule has 1 N–H and O–H groups in total. The van der Waals surface area contributed by atoms with E-state index in [4.69, 9.17) is 0 Å². The molecule has 1 amide bonds. The van der Waals surface area contributed by atoms with Crippen molar-refractivity contribution in [1.29, 1.82) is 0 Å². The molecule has 3 rings (SSSR count). The largest absolute Gasteiger partial charge is 0.339 e. The molecule has 1 fully saturated rings. The van der Waals surface area contributed by atoms with E-state index in [0.29, 0.717) is 12.2 Å². The number of likely N-dealkylation sites (tertiary alicyclic amines) is 1. The molecule has 4 nitrogen and oxygen atoms in total. The van der Waals surface area contributed by atoms with E-state index in [1.54, 1.807) is 24.5 Å². The lowest BCUT2D eigenvalue weighted by atomic mass is 9.90. The maximum atomic E-state index is 12.0. The van der Waals surface area contributed by atoms with Crippen LogP contribution in [0.3, 0.4) is 0 Å². The third-order valence-corrected chi connectivity index (χ3v) is 4.46. The number of benzene rings is 1. The van der Waals surface area contributed by atoms with Crippen LogP contribution < -0.4 is 5.32 Å². The first-order valence-electron chi connectivity index (χ1n) is 8.26. The summed E-state index contributed by atoms with van der Waals surface area (Å²) in [6.45, 7) is 2.71. The Morgan fingerprint density at radius 1 is 1.13 bits per heavy atom. The van der Waals surface area contributed by atoms with E-state index in [1.165, 1.54) is 18.4 Å². The molecule has 0 atom stereocenters. The molecule has 1 aliphatic heterocycles. The molecule has 23 heavy (non-hydrogen) atoms. The Bertz CT molecular complexity index is 607. The van der Waals surface area contributed by atoms with Crippen LogP contribution in [0.15, 0.2) is 54.9 Å². The molecule has 1 aliphatic rings. The van der Waals surface area contributed by atoms with E-state index in [2.05, 4.69) is 45.5 Å². The van der Waals surface area contributed by atoms with Gasteiger partial charge in [0.1, 0.15) is 0 Å². The third-order valence-electron chi connectivity index (χ3n) is 4.46. The van der Waals surface area contributed by atoms with Crippen LogP contribution in [-0.4, -0.2) is 35.5 Å². The Hall–Kier alpha value is -2.20. The van der Waals surface area contributed by atoms with E-state index in [1.807, 2.05) is 0 Å². The standard InChI is InChI=1S/C19H23N3O/c23-19(18-7-4-10-20-14-18)21-15-22-11-8-17(9-12-22)13-16-5-2-1-3-6-16/h1-7,10,14,17H,8-9,11-13,15H2,(H,21,23). The first-order chi connectivity index (χ1) is 11.3. The minimum Gasteiger partial charge on any atom is -0.339 e. The summed E-state index contributed by atoms with van der Waals surface area (Å²) in [7, 11) is 0. The van der Waals surface area contributed by atoms with Crippen LogP contribution in [0.4, 0.5) is 0 Å². The van der Waals surface area contributed by atoms with Crippen LogP contribution in [-0.2, 0) is 6.42 Å². The van der Waals surface area contributed by atoms with Gasteiger partial charge in [0.15, 0.2) is 0 Å². The molecule has 1 aromatic heterocycles. The summed E-state index contributed by atoms with van der Waals surface area (Å²) in [6, 6.07) is 14.3. The van der Waals surface area contributed by atoms with E-state index < -0.39 is 0 Å². The first-order valence-corrected chi connectivity index (χ1v) is 8.26. The van der Waals surface area contributed by atoms with Crippen molar-refractivity contribution >= 4 is 5.91 Å². The number of aromatic nitrogens is 1. The topological polar surface area (TPSA) is 45.2 Å². The molecule has 1 saturated heterocycles. The summed E-state index contributed by atoms with van der Waals surface area (Å²) in [5.74, 6) is 0.701. The van der Waals surface area contributed by atoms with Crippen molar-refractivity contribution in [2.75, 3.05) is 19.8 Å². The second kappa shape index (κ2) is 7.88. The molecule has 0 saturated carbocycles. The lowest BCUT2D eigenvalue weighted by molar-refractivity contribution is 0.0902. The van der Waals surface area contributed by atoms with E-state index >= 15 is 0 Å². The monoisotopic (exact) mass is 309 g/mol. The molecule has 0 radical (unpaired) electrons. The van der Waals surface area contributed by atoms with Gasteiger partial charge in [-0.25, -0.2) is 0 Å². The Kier molecular flexibility index (Phi) is 5.37. The highest BCUT2D eigenvalue weighted by Crippen LogP contribution is 2.21. The summed E-state index contributed by atoms with van der Waals surface area (Å²) >= 11 is 0. The predicted molar refractivity (Wildman–Crippen MR) is 91.0 cm³/mol. The SMILES string of the molecule is O=C(NCN1CCC(Cc2ccccc2)CC1)c1cccnc1. The third kappa shape index (κ3) is 4.63. The lowest BCUT2D eigenvalue weighted by Crippen LogP contribution is -2.42. The lowest BCUT2D eigenvalue weighted by Gasteiger charge is -2.32. The average molecular weight is 309 g/mol. The van der Waals surface area contributed by atoms with Gasteiger partial charge in [-0.2, -0.15) is 0 Å². The van der Waals surface area contributed by atoms with Crippen LogP contribution in [0.1, 0.15) is 28.8 Å². The Morgan fingerprint density at radius 3 is 2.61 bits per heavy atom. The van der Waals surface area contributed by atoms with Gasteiger partial charge in [-0.05, 0) is 42.9 Å². The van der Waals surface area contributed by atoms with Crippen LogP contribution in [0.25, 0.3) is 0 Å². The van der Waals surface area contributed by atoms with Gasteiger partial charge in [-0.1, -0.05) is 30.3 Å². The van der Waals surface area contributed by atoms with Crippen molar-refractivity contribution in [2.45, 2.75) is 19.3 Å². The summed E-state index contributed by atoms with van der Waals surface area (Å²) < 4.78 is 0. The number of carbonyl (C=O) groups excluding carboxylic acids is 1. The first kappa shape index (κ1) is 15.7. The van der Waals surface area contributed by atoms with Crippen molar-refractivity contribution in [2.24, 2.45) is 5.92 Å². The van der Waals surface area contributed by atoms with Gasteiger partial charge >= 0.3 is 0 Å². The molecule has 4 heteroatoms. The number of nitrogens with zero attached hydrogens (tertiary/aromatic N) is 2. The molecule has 0 unspecified atom stereocenters. The zero-order valence-corrected chi connectivity index (χ0v) is 13.3. The fraction of sp³-hybridized carbons (Fsp3) is 0.368. The Balaban J connectivity index is 1.40. The van der Waals surface area contributed by atoms with Crippen molar-refractivity contribution in [1.82, 2.24) is 15.2 Å². The van der Waals surface area contributed by atoms with Gasteiger partial charge in [-0.3, -0.25) is 14.7 Å². The molecular formula is C19H23N3O. The van der Waals surface area contributed by atoms with Gasteiger partial charge in [-0.15, -0.1) is 0 Å². The number of hydrogen-bond acceptors (Lipinski definition) is 3. The number of piperidine rings is 1. The second-order valence-electron chi connectivity index (χ2n) is 6.16. The zero-order chi connectivity index (χ0) is 15.9. The molecule has 120 valence electrons. The fourth-order valence-electron chi connectivity index (χ4n) is 3.08. The maximum Gasteiger partial charge on any atom is 0.253 e. The zero-order valence-electron chi connectivity index (χ0n) is 13.3. The normalized spacial score (nSPS) is 16.2. The molecule has 0 spiro atoms. The highest BCUT2D eigenvalue weighted by Gasteiger charge is 2.19. The van der Waals surface area contributed by atoms with E-state index in [9.17, 15) is 4.79 Å². The van der Waals surface area contributed by atoms with Gasteiger partial charge < -0.3 is 5.32 Å². The number of carbonyl (C=O) groups is 1. The van der Waals surface area contributed by atoms with Gasteiger partial charge in [0.25, 0.3) is 5.91 Å². The summed E-state index contributed by atoms with van der Waals surface area (Å²) in [5, 5.41) is 2.98. The van der Waals surface area contributed by atoms with E-state index in [0.717, 1.165) is 25.4 Å². The maximum absolute atomic E-state index is 12.0. The van der Waals surface area contributed by atoms with Crippen LogP contribution in [0.2, 0.25) is 0 Å². The molecule has 2 heterocycles. The van der Waals surface area contributed by atoms with Crippen LogP contribution >= 0.6 is 0 Å². The van der Waals surface area contributed by atoms with E-state index in [-0.39, 0.29) is 5.91 Å². The van der Waals surface area contributed by atoms with Crippen molar-refractivity contribution in [3.63, 3.8) is 0 Å². The van der Waals surface area contributed by atoms with Crippen molar-refractivity contribution in [3.05, 3.63) is 66.0 Å². The number of rotatable bonds is 5.